The lowest BCUT2D eigenvalue weighted by molar-refractivity contribution is 0.128. The molecular formula is C12H21NO4S2. The third-order valence-electron chi connectivity index (χ3n) is 2.47. The number of hydrogen-bond donors (Lipinski definition) is 2. The number of ether oxygens (including phenoxy) is 1. The van der Waals surface area contributed by atoms with Crippen LogP contribution in [0.4, 0.5) is 0 Å². The molecule has 1 rings (SSSR count). The molecule has 0 atom stereocenters. The highest BCUT2D eigenvalue weighted by molar-refractivity contribution is 7.89. The molecule has 0 unspecified atom stereocenters. The maximum Gasteiger partial charge on any atom is 0.241 e. The number of rotatable bonds is 9. The second-order valence-corrected chi connectivity index (χ2v) is 7.36. The van der Waals surface area contributed by atoms with E-state index in [0.29, 0.717) is 24.0 Å². The van der Waals surface area contributed by atoms with Crippen molar-refractivity contribution in [3.63, 3.8) is 0 Å². The molecule has 0 aromatic carbocycles. The molecule has 0 aliphatic rings. The summed E-state index contributed by atoms with van der Waals surface area (Å²) in [6, 6.07) is 1.48. The highest BCUT2D eigenvalue weighted by Crippen LogP contribution is 2.18. The minimum absolute atomic E-state index is 0.140. The van der Waals surface area contributed by atoms with E-state index >= 15 is 0 Å². The van der Waals surface area contributed by atoms with Crippen LogP contribution in [-0.2, 0) is 21.4 Å². The van der Waals surface area contributed by atoms with E-state index in [-0.39, 0.29) is 18.0 Å². The Morgan fingerprint density at radius 2 is 2.16 bits per heavy atom. The quantitative estimate of drug-likeness (QED) is 0.679. The van der Waals surface area contributed by atoms with E-state index < -0.39 is 10.0 Å². The largest absolute Gasteiger partial charge is 0.391 e. The molecule has 0 amide bonds. The lowest BCUT2D eigenvalue weighted by Gasteiger charge is -2.07. The van der Waals surface area contributed by atoms with Gasteiger partial charge in [0.15, 0.2) is 0 Å². The summed E-state index contributed by atoms with van der Waals surface area (Å²) < 4.78 is 31.5. The number of aliphatic hydroxyl groups excluding tert-OH is 1. The predicted molar refractivity (Wildman–Crippen MR) is 75.7 cm³/mol. The van der Waals surface area contributed by atoms with E-state index in [2.05, 4.69) is 18.6 Å². The first-order chi connectivity index (χ1) is 8.95. The van der Waals surface area contributed by atoms with Crippen LogP contribution < -0.4 is 4.72 Å². The van der Waals surface area contributed by atoms with Gasteiger partial charge in [0, 0.05) is 23.4 Å². The molecule has 0 aliphatic carbocycles. The zero-order valence-corrected chi connectivity index (χ0v) is 12.9. The highest BCUT2D eigenvalue weighted by Gasteiger charge is 2.15. The lowest BCUT2D eigenvalue weighted by atomic mass is 10.1. The molecule has 1 aromatic rings. The minimum Gasteiger partial charge on any atom is -0.391 e. The van der Waals surface area contributed by atoms with Crippen LogP contribution in [0.1, 0.15) is 25.1 Å². The Morgan fingerprint density at radius 3 is 2.74 bits per heavy atom. The molecule has 5 nitrogen and oxygen atoms in total. The van der Waals surface area contributed by atoms with Gasteiger partial charge in [-0.25, -0.2) is 13.1 Å². The third-order valence-corrected chi connectivity index (χ3v) is 4.99. The highest BCUT2D eigenvalue weighted by atomic mass is 32.2. The van der Waals surface area contributed by atoms with Crippen LogP contribution in [0.3, 0.4) is 0 Å². The predicted octanol–water partition coefficient (Wildman–Crippen LogP) is 1.58. The summed E-state index contributed by atoms with van der Waals surface area (Å²) in [7, 11) is -3.48. The molecule has 0 saturated heterocycles. The van der Waals surface area contributed by atoms with Gasteiger partial charge in [0.1, 0.15) is 0 Å². The summed E-state index contributed by atoms with van der Waals surface area (Å²) in [5.74, 6) is 0.583. The van der Waals surface area contributed by atoms with Crippen LogP contribution in [-0.4, -0.2) is 33.3 Å². The van der Waals surface area contributed by atoms with Crippen molar-refractivity contribution in [3.8, 4) is 0 Å². The Labute approximate surface area is 118 Å². The van der Waals surface area contributed by atoms with E-state index in [4.69, 9.17) is 9.84 Å². The maximum absolute atomic E-state index is 11.9. The molecule has 0 spiro atoms. The summed E-state index contributed by atoms with van der Waals surface area (Å²) in [6.45, 7) is 5.35. The Bertz CT molecular complexity index is 468. The van der Waals surface area contributed by atoms with Gasteiger partial charge in [-0.15, -0.1) is 11.3 Å². The SMILES string of the molecule is CC(C)CCOCCNS(=O)(=O)c1csc(CO)c1. The van der Waals surface area contributed by atoms with Crippen LogP contribution >= 0.6 is 11.3 Å². The van der Waals surface area contributed by atoms with Gasteiger partial charge < -0.3 is 9.84 Å². The molecule has 0 radical (unpaired) electrons. The molecular weight excluding hydrogens is 286 g/mol. The summed E-state index contributed by atoms with van der Waals surface area (Å²) in [5.41, 5.74) is 0. The van der Waals surface area contributed by atoms with Crippen molar-refractivity contribution in [2.24, 2.45) is 5.92 Å². The topological polar surface area (TPSA) is 75.6 Å². The van der Waals surface area contributed by atoms with Crippen molar-refractivity contribution in [3.05, 3.63) is 16.3 Å². The van der Waals surface area contributed by atoms with Crippen molar-refractivity contribution in [2.75, 3.05) is 19.8 Å². The number of nitrogens with one attached hydrogen (secondary N) is 1. The molecule has 0 bridgehead atoms. The van der Waals surface area contributed by atoms with Crippen LogP contribution in [0, 0.1) is 5.92 Å². The number of hydrogen-bond acceptors (Lipinski definition) is 5. The first kappa shape index (κ1) is 16.6. The molecule has 110 valence electrons. The zero-order valence-electron chi connectivity index (χ0n) is 11.3. The van der Waals surface area contributed by atoms with E-state index in [9.17, 15) is 8.42 Å². The first-order valence-corrected chi connectivity index (χ1v) is 8.57. The van der Waals surface area contributed by atoms with E-state index in [1.165, 1.54) is 22.8 Å². The Balaban J connectivity index is 2.31. The summed E-state index contributed by atoms with van der Waals surface area (Å²) in [6.07, 6.45) is 0.969. The van der Waals surface area contributed by atoms with Crippen molar-refractivity contribution in [1.29, 1.82) is 0 Å². The summed E-state index contributed by atoms with van der Waals surface area (Å²) in [4.78, 5) is 0.831. The van der Waals surface area contributed by atoms with Gasteiger partial charge in [-0.3, -0.25) is 0 Å². The van der Waals surface area contributed by atoms with E-state index in [1.54, 1.807) is 0 Å². The fourth-order valence-corrected chi connectivity index (χ4v) is 3.48. The third kappa shape index (κ3) is 6.01. The van der Waals surface area contributed by atoms with Crippen molar-refractivity contribution < 1.29 is 18.3 Å². The average molecular weight is 307 g/mol. The minimum atomic E-state index is -3.48. The van der Waals surface area contributed by atoms with Gasteiger partial charge in [0.05, 0.1) is 18.1 Å². The summed E-state index contributed by atoms with van der Waals surface area (Å²) in [5, 5.41) is 10.4. The van der Waals surface area contributed by atoms with Gasteiger partial charge in [-0.05, 0) is 18.4 Å². The molecule has 0 aliphatic heterocycles. The molecule has 0 fully saturated rings. The smallest absolute Gasteiger partial charge is 0.241 e. The van der Waals surface area contributed by atoms with Crippen LogP contribution in [0.5, 0.6) is 0 Å². The number of sulfonamides is 1. The van der Waals surface area contributed by atoms with Crippen LogP contribution in [0.2, 0.25) is 0 Å². The molecule has 1 aromatic heterocycles. The van der Waals surface area contributed by atoms with Gasteiger partial charge in [-0.2, -0.15) is 0 Å². The fraction of sp³-hybridized carbons (Fsp3) is 0.667. The second-order valence-electron chi connectivity index (χ2n) is 4.60. The lowest BCUT2D eigenvalue weighted by Crippen LogP contribution is -2.27. The van der Waals surface area contributed by atoms with E-state index in [1.807, 2.05) is 0 Å². The number of thiophene rings is 1. The molecule has 19 heavy (non-hydrogen) atoms. The summed E-state index contributed by atoms with van der Waals surface area (Å²) >= 11 is 1.23. The zero-order chi connectivity index (χ0) is 14.3. The number of aliphatic hydroxyl groups is 1. The molecule has 2 N–H and O–H groups in total. The Morgan fingerprint density at radius 1 is 1.42 bits per heavy atom. The molecule has 7 heteroatoms. The Hall–Kier alpha value is -0.470. The standard InChI is InChI=1S/C12H21NO4S2/c1-10(2)3-5-17-6-4-13-19(15,16)12-7-11(8-14)18-9-12/h7,9-10,13-14H,3-6,8H2,1-2H3. The Kier molecular flexibility index (Phi) is 6.95. The molecule has 1 heterocycles. The van der Waals surface area contributed by atoms with Gasteiger partial charge in [0.25, 0.3) is 0 Å². The van der Waals surface area contributed by atoms with Gasteiger partial charge in [0.2, 0.25) is 10.0 Å². The van der Waals surface area contributed by atoms with Crippen LogP contribution in [0.15, 0.2) is 16.3 Å². The second kappa shape index (κ2) is 7.96. The normalized spacial score (nSPS) is 12.2. The average Bonchev–Trinajstić information content (AvgIpc) is 2.82. The van der Waals surface area contributed by atoms with Gasteiger partial charge >= 0.3 is 0 Å². The first-order valence-electron chi connectivity index (χ1n) is 6.21. The fourth-order valence-electron chi connectivity index (χ4n) is 1.34. The maximum atomic E-state index is 11.9. The van der Waals surface area contributed by atoms with Crippen LogP contribution in [0.25, 0.3) is 0 Å². The van der Waals surface area contributed by atoms with E-state index in [0.717, 1.165) is 6.42 Å². The van der Waals surface area contributed by atoms with Crippen molar-refractivity contribution in [1.82, 2.24) is 4.72 Å². The van der Waals surface area contributed by atoms with Crippen molar-refractivity contribution >= 4 is 21.4 Å². The van der Waals surface area contributed by atoms with Gasteiger partial charge in [-0.1, -0.05) is 13.8 Å². The monoisotopic (exact) mass is 307 g/mol. The molecule has 0 saturated carbocycles. The van der Waals surface area contributed by atoms with Crippen molar-refractivity contribution in [2.45, 2.75) is 31.8 Å².